The summed E-state index contributed by atoms with van der Waals surface area (Å²) in [4.78, 5) is 7.34. The number of nitrogens with one attached hydrogen (secondary N) is 1. The first-order chi connectivity index (χ1) is 11.1. The lowest BCUT2D eigenvalue weighted by atomic mass is 9.96. The topological polar surface area (TPSA) is 101 Å². The Morgan fingerprint density at radius 1 is 1.26 bits per heavy atom. The van der Waals surface area contributed by atoms with Crippen molar-refractivity contribution in [3.8, 4) is 12.1 Å². The summed E-state index contributed by atoms with van der Waals surface area (Å²) in [7, 11) is 0. The predicted octanol–water partition coefficient (Wildman–Crippen LogP) is 2.51. The van der Waals surface area contributed by atoms with E-state index < -0.39 is 0 Å². The van der Waals surface area contributed by atoms with E-state index in [-0.39, 0.29) is 5.82 Å². The molecule has 0 aromatic carbocycles. The molecule has 3 N–H and O–H groups in total. The SMILES string of the molecule is CC1=C(C#N)c2nc(N)c(C#N)c(C)c2C1=Cc1ccc[nH+]c1. The highest BCUT2D eigenvalue weighted by Crippen LogP contribution is 2.43. The Morgan fingerprint density at radius 2 is 2.04 bits per heavy atom. The summed E-state index contributed by atoms with van der Waals surface area (Å²) in [6.07, 6.45) is 5.69. The van der Waals surface area contributed by atoms with E-state index in [0.717, 1.165) is 27.8 Å². The molecule has 1 aliphatic rings. The fourth-order valence-electron chi connectivity index (χ4n) is 2.86. The number of hydrogen-bond acceptors (Lipinski definition) is 4. The van der Waals surface area contributed by atoms with Gasteiger partial charge in [-0.1, -0.05) is 0 Å². The largest absolute Gasteiger partial charge is 0.383 e. The summed E-state index contributed by atoms with van der Waals surface area (Å²) in [6.45, 7) is 3.73. The van der Waals surface area contributed by atoms with Crippen LogP contribution in [0.5, 0.6) is 0 Å². The van der Waals surface area contributed by atoms with Crippen LogP contribution in [0.3, 0.4) is 0 Å². The highest BCUT2D eigenvalue weighted by atomic mass is 14.9. The molecule has 0 atom stereocenters. The van der Waals surface area contributed by atoms with E-state index >= 15 is 0 Å². The van der Waals surface area contributed by atoms with Gasteiger partial charge in [0, 0.05) is 17.2 Å². The molecule has 2 aromatic heterocycles. The van der Waals surface area contributed by atoms with Gasteiger partial charge in [0.2, 0.25) is 0 Å². The van der Waals surface area contributed by atoms with E-state index in [9.17, 15) is 10.5 Å². The van der Waals surface area contributed by atoms with Crippen molar-refractivity contribution in [1.82, 2.24) is 4.98 Å². The zero-order valence-corrected chi connectivity index (χ0v) is 12.8. The highest BCUT2D eigenvalue weighted by molar-refractivity contribution is 6.08. The Labute approximate surface area is 134 Å². The standard InChI is InChI=1S/C18H13N5/c1-10-13(6-12-4-3-5-22-9-12)16-11(2)15(8-20)18(21)23-17(16)14(10)7-19/h3-6,9H,1-2H3,(H2,21,23)/p+1. The quantitative estimate of drug-likeness (QED) is 0.874. The van der Waals surface area contributed by atoms with Crippen LogP contribution in [0.25, 0.3) is 17.2 Å². The van der Waals surface area contributed by atoms with E-state index in [2.05, 4.69) is 22.1 Å². The molecule has 2 heterocycles. The second-order valence-electron chi connectivity index (χ2n) is 5.34. The second kappa shape index (κ2) is 5.40. The number of aromatic amines is 1. The number of nitriles is 2. The number of pyridine rings is 2. The van der Waals surface area contributed by atoms with E-state index in [1.165, 1.54) is 0 Å². The minimum atomic E-state index is 0.165. The lowest BCUT2D eigenvalue weighted by molar-refractivity contribution is -0.378. The number of aromatic nitrogens is 2. The number of H-pyrrole nitrogens is 1. The number of nitrogens with two attached hydrogens (primary N) is 1. The van der Waals surface area contributed by atoms with Crippen molar-refractivity contribution in [3.05, 3.63) is 58.0 Å². The molecule has 23 heavy (non-hydrogen) atoms. The van der Waals surface area contributed by atoms with E-state index in [1.807, 2.05) is 44.4 Å². The molecule has 0 spiro atoms. The number of allylic oxidation sites excluding steroid dienone is 3. The third-order valence-corrected chi connectivity index (χ3v) is 4.03. The first kappa shape index (κ1) is 14.5. The molecule has 0 amide bonds. The maximum atomic E-state index is 9.49. The van der Waals surface area contributed by atoms with Gasteiger partial charge < -0.3 is 5.73 Å². The zero-order chi connectivity index (χ0) is 16.6. The van der Waals surface area contributed by atoms with Crippen molar-refractivity contribution in [2.24, 2.45) is 0 Å². The van der Waals surface area contributed by atoms with Gasteiger partial charge in [-0.2, -0.15) is 10.5 Å². The summed E-state index contributed by atoms with van der Waals surface area (Å²) in [5.74, 6) is 0.165. The van der Waals surface area contributed by atoms with Crippen LogP contribution < -0.4 is 10.7 Å². The maximum Gasteiger partial charge on any atom is 0.174 e. The summed E-state index contributed by atoms with van der Waals surface area (Å²) < 4.78 is 0. The molecule has 110 valence electrons. The Balaban J connectivity index is 2.35. The molecule has 1 aliphatic carbocycles. The van der Waals surface area contributed by atoms with Crippen molar-refractivity contribution in [1.29, 1.82) is 10.5 Å². The second-order valence-corrected chi connectivity index (χ2v) is 5.34. The van der Waals surface area contributed by atoms with Gasteiger partial charge in [-0.3, -0.25) is 0 Å². The molecular formula is C18H14N5+. The van der Waals surface area contributed by atoms with Gasteiger partial charge >= 0.3 is 0 Å². The van der Waals surface area contributed by atoms with Crippen LogP contribution in [0.1, 0.15) is 34.9 Å². The molecular weight excluding hydrogens is 286 g/mol. The van der Waals surface area contributed by atoms with Crippen molar-refractivity contribution in [2.75, 3.05) is 5.73 Å². The first-order valence-electron chi connectivity index (χ1n) is 7.08. The lowest BCUT2D eigenvalue weighted by Crippen LogP contribution is -2.04. The maximum absolute atomic E-state index is 9.49. The molecule has 0 unspecified atom stereocenters. The monoisotopic (exact) mass is 300 g/mol. The minimum Gasteiger partial charge on any atom is -0.383 e. The van der Waals surface area contributed by atoms with Gasteiger partial charge in [-0.05, 0) is 42.7 Å². The Bertz CT molecular complexity index is 954. The molecule has 0 saturated heterocycles. The molecule has 3 rings (SSSR count). The van der Waals surface area contributed by atoms with Gasteiger partial charge in [0.1, 0.15) is 18.0 Å². The molecule has 0 saturated carbocycles. The van der Waals surface area contributed by atoms with Crippen molar-refractivity contribution in [3.63, 3.8) is 0 Å². The van der Waals surface area contributed by atoms with Crippen LogP contribution in [-0.4, -0.2) is 4.98 Å². The molecule has 0 radical (unpaired) electrons. The van der Waals surface area contributed by atoms with Crippen LogP contribution in [0.15, 0.2) is 30.1 Å². The van der Waals surface area contributed by atoms with E-state index in [4.69, 9.17) is 5.73 Å². The number of fused-ring (bicyclic) bond motifs is 1. The summed E-state index contributed by atoms with van der Waals surface area (Å²) in [5, 5.41) is 18.8. The fourth-order valence-corrected chi connectivity index (χ4v) is 2.86. The van der Waals surface area contributed by atoms with Crippen molar-refractivity contribution >= 4 is 23.0 Å². The molecule has 0 fully saturated rings. The smallest absolute Gasteiger partial charge is 0.174 e. The zero-order valence-electron chi connectivity index (χ0n) is 12.8. The minimum absolute atomic E-state index is 0.165. The van der Waals surface area contributed by atoms with Crippen LogP contribution in [-0.2, 0) is 0 Å². The Morgan fingerprint density at radius 3 is 2.65 bits per heavy atom. The van der Waals surface area contributed by atoms with E-state index in [0.29, 0.717) is 16.8 Å². The Kier molecular flexibility index (Phi) is 3.40. The number of anilines is 1. The molecule has 5 heteroatoms. The van der Waals surface area contributed by atoms with E-state index in [1.54, 1.807) is 0 Å². The number of hydrogen-bond donors (Lipinski definition) is 1. The molecule has 2 aromatic rings. The average molecular weight is 300 g/mol. The van der Waals surface area contributed by atoms with Gasteiger partial charge in [-0.25, -0.2) is 9.97 Å². The summed E-state index contributed by atoms with van der Waals surface area (Å²) in [5.41, 5.74) is 11.6. The van der Waals surface area contributed by atoms with Gasteiger partial charge in [0.25, 0.3) is 0 Å². The number of nitrogen functional groups attached to an aromatic ring is 1. The Hall–Kier alpha value is -3.44. The van der Waals surface area contributed by atoms with Crippen molar-refractivity contribution < 1.29 is 4.98 Å². The molecule has 0 aliphatic heterocycles. The van der Waals surface area contributed by atoms with Gasteiger partial charge in [0.15, 0.2) is 12.4 Å². The third-order valence-electron chi connectivity index (χ3n) is 4.03. The van der Waals surface area contributed by atoms with Crippen LogP contribution in [0, 0.1) is 29.6 Å². The summed E-state index contributed by atoms with van der Waals surface area (Å²) >= 11 is 0. The number of nitrogens with zero attached hydrogens (tertiary/aromatic N) is 3. The van der Waals surface area contributed by atoms with Gasteiger partial charge in [0.05, 0.1) is 16.8 Å². The molecule has 0 bridgehead atoms. The van der Waals surface area contributed by atoms with Crippen LogP contribution >= 0.6 is 0 Å². The molecule has 5 nitrogen and oxygen atoms in total. The lowest BCUT2D eigenvalue weighted by Gasteiger charge is -2.10. The van der Waals surface area contributed by atoms with Crippen LogP contribution in [0.2, 0.25) is 0 Å². The third kappa shape index (κ3) is 2.16. The highest BCUT2D eigenvalue weighted by Gasteiger charge is 2.29. The summed E-state index contributed by atoms with van der Waals surface area (Å²) in [6, 6.07) is 8.18. The normalized spacial score (nSPS) is 14.5. The van der Waals surface area contributed by atoms with Crippen molar-refractivity contribution in [2.45, 2.75) is 13.8 Å². The van der Waals surface area contributed by atoms with Crippen LogP contribution in [0.4, 0.5) is 5.82 Å². The fraction of sp³-hybridized carbons (Fsp3) is 0.111. The average Bonchev–Trinajstić information content (AvgIpc) is 2.80. The van der Waals surface area contributed by atoms with Gasteiger partial charge in [-0.15, -0.1) is 0 Å². The first-order valence-corrected chi connectivity index (χ1v) is 7.08. The number of rotatable bonds is 1. The predicted molar refractivity (Wildman–Crippen MR) is 87.2 cm³/mol.